The highest BCUT2D eigenvalue weighted by Gasteiger charge is 2.33. The minimum absolute atomic E-state index is 0.294. The number of nitrogens with zero attached hydrogens (tertiary/aromatic N) is 5. The number of anilines is 1. The number of rotatable bonds is 3. The van der Waals surface area contributed by atoms with Crippen molar-refractivity contribution in [2.75, 3.05) is 31.1 Å². The van der Waals surface area contributed by atoms with Crippen LogP contribution in [0.1, 0.15) is 17.7 Å². The van der Waals surface area contributed by atoms with Crippen LogP contribution in [0, 0.1) is 11.3 Å². The van der Waals surface area contributed by atoms with Gasteiger partial charge in [0.1, 0.15) is 6.07 Å². The van der Waals surface area contributed by atoms with Gasteiger partial charge in [0.25, 0.3) is 0 Å². The van der Waals surface area contributed by atoms with Crippen molar-refractivity contribution in [3.8, 4) is 6.07 Å². The Hall–Kier alpha value is -2.95. The molecule has 0 unspecified atom stereocenters. The number of benzene rings is 1. The second kappa shape index (κ2) is 7.23. The molecule has 0 radical (unpaired) electrons. The molecule has 0 saturated carbocycles. The average Bonchev–Trinajstić information content (AvgIpc) is 3.12. The quantitative estimate of drug-likeness (QED) is 0.755. The molecule has 4 heterocycles. The van der Waals surface area contributed by atoms with Gasteiger partial charge in [-0.25, -0.2) is 4.98 Å². The van der Waals surface area contributed by atoms with E-state index >= 15 is 0 Å². The third-order valence-corrected chi connectivity index (χ3v) is 5.58. The Morgan fingerprint density at radius 1 is 1.25 bits per heavy atom. The van der Waals surface area contributed by atoms with Crippen molar-refractivity contribution >= 4 is 17.0 Å². The minimum Gasteiger partial charge on any atom is -0.375 e. The van der Waals surface area contributed by atoms with Crippen LogP contribution in [0.2, 0.25) is 0 Å². The number of para-hydroxylation sites is 2. The fraction of sp³-hybridized carbons (Fsp3) is 0.381. The van der Waals surface area contributed by atoms with Gasteiger partial charge in [-0.2, -0.15) is 5.26 Å². The molecule has 5 rings (SSSR count). The molecule has 2 aliphatic rings. The van der Waals surface area contributed by atoms with Crippen LogP contribution in [0.5, 0.6) is 0 Å². The normalized spacial score (nSPS) is 22.0. The largest absolute Gasteiger partial charge is 0.375 e. The smallest absolute Gasteiger partial charge is 0.206 e. The van der Waals surface area contributed by atoms with Crippen molar-refractivity contribution in [2.45, 2.75) is 25.1 Å². The van der Waals surface area contributed by atoms with Crippen molar-refractivity contribution in [1.82, 2.24) is 19.9 Å². The summed E-state index contributed by atoms with van der Waals surface area (Å²) >= 11 is 0. The number of hydrogen-bond donors (Lipinski definition) is 1. The Labute approximate surface area is 163 Å². The number of pyridine rings is 1. The fourth-order valence-corrected chi connectivity index (χ4v) is 4.17. The Morgan fingerprint density at radius 2 is 2.18 bits per heavy atom. The Balaban J connectivity index is 1.49. The van der Waals surface area contributed by atoms with Gasteiger partial charge in [0.05, 0.1) is 47.6 Å². The van der Waals surface area contributed by atoms with Crippen molar-refractivity contribution in [1.29, 1.82) is 5.26 Å². The van der Waals surface area contributed by atoms with Crippen molar-refractivity contribution in [2.24, 2.45) is 0 Å². The van der Waals surface area contributed by atoms with Crippen LogP contribution in [-0.4, -0.2) is 52.9 Å². The fourth-order valence-electron chi connectivity index (χ4n) is 4.17. The van der Waals surface area contributed by atoms with Gasteiger partial charge in [-0.1, -0.05) is 12.1 Å². The van der Waals surface area contributed by atoms with E-state index < -0.39 is 0 Å². The highest BCUT2D eigenvalue weighted by Crippen LogP contribution is 2.27. The highest BCUT2D eigenvalue weighted by molar-refractivity contribution is 5.79. The summed E-state index contributed by atoms with van der Waals surface area (Å²) in [5, 5.41) is 12.6. The topological polar surface area (TPSA) is 79.0 Å². The standard InChI is InChI=1S/C21H22N6O/c22-11-15-5-6-16(24-12-15)13-27-19-4-2-1-3-17(19)25-21(27)26-9-7-20-18(14-26)23-8-10-28-20/h1-6,12,18,20,23H,7-10,13-14H2/t18-,20-/m1/s1. The molecule has 1 aromatic carbocycles. The van der Waals surface area contributed by atoms with Gasteiger partial charge < -0.3 is 19.5 Å². The molecular weight excluding hydrogens is 352 g/mol. The molecule has 0 amide bonds. The summed E-state index contributed by atoms with van der Waals surface area (Å²) in [4.78, 5) is 11.8. The van der Waals surface area contributed by atoms with Gasteiger partial charge in [0, 0.05) is 25.8 Å². The van der Waals surface area contributed by atoms with E-state index in [0.29, 0.717) is 24.3 Å². The number of fused-ring (bicyclic) bond motifs is 2. The van der Waals surface area contributed by atoms with Crippen LogP contribution in [0.15, 0.2) is 42.6 Å². The van der Waals surface area contributed by atoms with Gasteiger partial charge in [-0.3, -0.25) is 4.98 Å². The van der Waals surface area contributed by atoms with Gasteiger partial charge in [0.2, 0.25) is 5.95 Å². The Bertz CT molecular complexity index is 1020. The summed E-state index contributed by atoms with van der Waals surface area (Å²) in [6, 6.07) is 14.4. The van der Waals surface area contributed by atoms with Crippen LogP contribution in [0.25, 0.3) is 11.0 Å². The summed E-state index contributed by atoms with van der Waals surface area (Å²) in [7, 11) is 0. The maximum atomic E-state index is 9.01. The van der Waals surface area contributed by atoms with Crippen molar-refractivity contribution in [3.63, 3.8) is 0 Å². The number of hydrogen-bond acceptors (Lipinski definition) is 6. The zero-order valence-corrected chi connectivity index (χ0v) is 15.6. The molecule has 0 spiro atoms. The van der Waals surface area contributed by atoms with Crippen LogP contribution < -0.4 is 10.2 Å². The summed E-state index contributed by atoms with van der Waals surface area (Å²) < 4.78 is 8.15. The lowest BCUT2D eigenvalue weighted by molar-refractivity contribution is -0.0137. The average molecular weight is 374 g/mol. The number of piperidine rings is 1. The molecule has 2 fully saturated rings. The zero-order chi connectivity index (χ0) is 18.9. The molecule has 0 bridgehead atoms. The summed E-state index contributed by atoms with van der Waals surface area (Å²) in [6.07, 6.45) is 2.92. The first kappa shape index (κ1) is 17.2. The molecule has 2 aromatic heterocycles. The van der Waals surface area contributed by atoms with Crippen LogP contribution >= 0.6 is 0 Å². The number of morpholine rings is 1. The molecule has 142 valence electrons. The number of nitrogens with one attached hydrogen (secondary N) is 1. The molecule has 2 aliphatic heterocycles. The third-order valence-electron chi connectivity index (χ3n) is 5.58. The minimum atomic E-state index is 0.294. The van der Waals surface area contributed by atoms with Crippen molar-refractivity contribution in [3.05, 3.63) is 53.9 Å². The maximum absolute atomic E-state index is 9.01. The number of imidazole rings is 1. The zero-order valence-electron chi connectivity index (χ0n) is 15.6. The molecular formula is C21H22N6O. The molecule has 2 saturated heterocycles. The number of aromatic nitrogens is 3. The first-order chi connectivity index (χ1) is 13.8. The second-order valence-corrected chi connectivity index (χ2v) is 7.34. The van der Waals surface area contributed by atoms with Gasteiger partial charge >= 0.3 is 0 Å². The summed E-state index contributed by atoms with van der Waals surface area (Å²) in [5.74, 6) is 0.971. The SMILES string of the molecule is N#Cc1ccc(Cn2c(N3CC[C@H]4OCCN[C@@H]4C3)nc3ccccc32)nc1. The van der Waals surface area contributed by atoms with E-state index in [0.717, 1.165) is 55.3 Å². The van der Waals surface area contributed by atoms with E-state index in [2.05, 4.69) is 38.0 Å². The Morgan fingerprint density at radius 3 is 3.04 bits per heavy atom. The van der Waals surface area contributed by atoms with Gasteiger partial charge in [-0.05, 0) is 30.7 Å². The molecule has 2 atom stereocenters. The molecule has 7 heteroatoms. The second-order valence-electron chi connectivity index (χ2n) is 7.34. The van der Waals surface area contributed by atoms with Crippen LogP contribution in [-0.2, 0) is 11.3 Å². The van der Waals surface area contributed by atoms with E-state index in [-0.39, 0.29) is 0 Å². The molecule has 3 aromatic rings. The summed E-state index contributed by atoms with van der Waals surface area (Å²) in [6.45, 7) is 4.13. The molecule has 1 N–H and O–H groups in total. The molecule has 0 aliphatic carbocycles. The lowest BCUT2D eigenvalue weighted by atomic mass is 10.0. The maximum Gasteiger partial charge on any atom is 0.206 e. The highest BCUT2D eigenvalue weighted by atomic mass is 16.5. The number of nitriles is 1. The first-order valence-electron chi connectivity index (χ1n) is 9.72. The van der Waals surface area contributed by atoms with E-state index in [1.54, 1.807) is 6.20 Å². The van der Waals surface area contributed by atoms with Crippen molar-refractivity contribution < 1.29 is 4.74 Å². The lowest BCUT2D eigenvalue weighted by Crippen LogP contribution is -2.58. The van der Waals surface area contributed by atoms with Gasteiger partial charge in [0.15, 0.2) is 0 Å². The monoisotopic (exact) mass is 374 g/mol. The predicted octanol–water partition coefficient (Wildman–Crippen LogP) is 1.92. The third kappa shape index (κ3) is 3.11. The van der Waals surface area contributed by atoms with Gasteiger partial charge in [-0.15, -0.1) is 0 Å². The van der Waals surface area contributed by atoms with E-state index in [9.17, 15) is 0 Å². The molecule has 28 heavy (non-hydrogen) atoms. The summed E-state index contributed by atoms with van der Waals surface area (Å²) in [5.41, 5.74) is 3.57. The van der Waals surface area contributed by atoms with Crippen LogP contribution in [0.4, 0.5) is 5.95 Å². The van der Waals surface area contributed by atoms with E-state index in [1.807, 2.05) is 24.3 Å². The van der Waals surface area contributed by atoms with E-state index in [4.69, 9.17) is 15.0 Å². The predicted molar refractivity (Wildman–Crippen MR) is 106 cm³/mol. The Kier molecular flexibility index (Phi) is 4.43. The number of ether oxygens (including phenoxy) is 1. The van der Waals surface area contributed by atoms with E-state index in [1.165, 1.54) is 0 Å². The van der Waals surface area contributed by atoms with Crippen LogP contribution in [0.3, 0.4) is 0 Å². The molecule has 7 nitrogen and oxygen atoms in total. The first-order valence-corrected chi connectivity index (χ1v) is 9.72. The lowest BCUT2D eigenvalue weighted by Gasteiger charge is -2.41.